The minimum Gasteiger partial charge on any atom is -0.352 e. The fourth-order valence-corrected chi connectivity index (χ4v) is 4.39. The van der Waals surface area contributed by atoms with Crippen molar-refractivity contribution in [3.05, 3.63) is 69.7 Å². The van der Waals surface area contributed by atoms with Gasteiger partial charge in [-0.15, -0.1) is 11.8 Å². The van der Waals surface area contributed by atoms with Crippen LogP contribution in [0.4, 0.5) is 0 Å². The van der Waals surface area contributed by atoms with Crippen molar-refractivity contribution in [2.24, 2.45) is 0 Å². The van der Waals surface area contributed by atoms with E-state index in [9.17, 15) is 9.59 Å². The second-order valence-electron chi connectivity index (χ2n) is 8.10. The van der Waals surface area contributed by atoms with Gasteiger partial charge in [0, 0.05) is 23.4 Å². The van der Waals surface area contributed by atoms with Gasteiger partial charge in [-0.05, 0) is 51.3 Å². The number of benzene rings is 2. The van der Waals surface area contributed by atoms with Gasteiger partial charge in [-0.2, -0.15) is 0 Å². The van der Waals surface area contributed by atoms with Crippen LogP contribution in [-0.4, -0.2) is 34.6 Å². The molecule has 0 spiro atoms. The van der Waals surface area contributed by atoms with E-state index in [1.165, 1.54) is 16.7 Å². The molecule has 31 heavy (non-hydrogen) atoms. The molecular weight excluding hydrogens is 428 g/mol. The maximum Gasteiger partial charge on any atom is 0.242 e. The van der Waals surface area contributed by atoms with Crippen LogP contribution in [-0.2, 0) is 21.9 Å². The van der Waals surface area contributed by atoms with E-state index >= 15 is 0 Å². The summed E-state index contributed by atoms with van der Waals surface area (Å²) in [5.41, 5.74) is 4.48. The van der Waals surface area contributed by atoms with Crippen LogP contribution >= 0.6 is 23.4 Å². The maximum absolute atomic E-state index is 13.2. The van der Waals surface area contributed by atoms with Crippen LogP contribution in [0.5, 0.6) is 0 Å². The van der Waals surface area contributed by atoms with Crippen molar-refractivity contribution < 1.29 is 9.59 Å². The van der Waals surface area contributed by atoms with E-state index in [2.05, 4.69) is 37.4 Å². The van der Waals surface area contributed by atoms with E-state index in [0.29, 0.717) is 17.3 Å². The van der Waals surface area contributed by atoms with Gasteiger partial charge in [-0.25, -0.2) is 0 Å². The van der Waals surface area contributed by atoms with Gasteiger partial charge in [-0.1, -0.05) is 66.0 Å². The van der Waals surface area contributed by atoms with E-state index in [1.54, 1.807) is 29.7 Å². The molecule has 2 aromatic carbocycles. The van der Waals surface area contributed by atoms with E-state index in [-0.39, 0.29) is 17.9 Å². The molecule has 168 valence electrons. The summed E-state index contributed by atoms with van der Waals surface area (Å²) in [6.45, 7) is 10.2. The summed E-state index contributed by atoms with van der Waals surface area (Å²) in [6, 6.07) is 13.4. The molecule has 0 saturated heterocycles. The third kappa shape index (κ3) is 7.89. The van der Waals surface area contributed by atoms with Crippen LogP contribution in [0.3, 0.4) is 0 Å². The highest BCUT2D eigenvalue weighted by Gasteiger charge is 2.27. The summed E-state index contributed by atoms with van der Waals surface area (Å²) in [5, 5.41) is 3.58. The van der Waals surface area contributed by atoms with Crippen LogP contribution < -0.4 is 5.32 Å². The molecule has 0 heterocycles. The molecule has 4 nitrogen and oxygen atoms in total. The van der Waals surface area contributed by atoms with Crippen molar-refractivity contribution in [3.63, 3.8) is 0 Å². The zero-order chi connectivity index (χ0) is 23.0. The number of amides is 2. The van der Waals surface area contributed by atoms with Gasteiger partial charge in [-0.3, -0.25) is 9.59 Å². The molecule has 0 aliphatic heterocycles. The third-order valence-electron chi connectivity index (χ3n) is 5.24. The first-order chi connectivity index (χ1) is 14.7. The Hall–Kier alpha value is -1.98. The molecule has 1 N–H and O–H groups in total. The van der Waals surface area contributed by atoms with Crippen molar-refractivity contribution >= 4 is 35.2 Å². The van der Waals surface area contributed by atoms with E-state index in [4.69, 9.17) is 11.6 Å². The topological polar surface area (TPSA) is 49.4 Å². The lowest BCUT2D eigenvalue weighted by molar-refractivity contribution is -0.138. The highest BCUT2D eigenvalue weighted by Crippen LogP contribution is 2.21. The van der Waals surface area contributed by atoms with Gasteiger partial charge in [0.05, 0.1) is 5.75 Å². The summed E-state index contributed by atoms with van der Waals surface area (Å²) in [6.07, 6.45) is 0.836. The smallest absolute Gasteiger partial charge is 0.242 e. The minimum absolute atomic E-state index is 0.0613. The second kappa shape index (κ2) is 12.2. The van der Waals surface area contributed by atoms with Crippen molar-refractivity contribution in [3.8, 4) is 0 Å². The number of carbonyl (C=O) groups excluding carboxylic acids is 2. The largest absolute Gasteiger partial charge is 0.352 e. The van der Waals surface area contributed by atoms with Gasteiger partial charge in [0.15, 0.2) is 0 Å². The van der Waals surface area contributed by atoms with E-state index in [0.717, 1.165) is 17.7 Å². The van der Waals surface area contributed by atoms with E-state index in [1.807, 2.05) is 32.0 Å². The lowest BCUT2D eigenvalue weighted by Gasteiger charge is -2.30. The van der Waals surface area contributed by atoms with Gasteiger partial charge in [0.2, 0.25) is 11.8 Å². The average Bonchev–Trinajstić information content (AvgIpc) is 2.71. The molecule has 0 radical (unpaired) electrons. The van der Waals surface area contributed by atoms with Crippen LogP contribution in [0.15, 0.2) is 42.5 Å². The van der Waals surface area contributed by atoms with Crippen LogP contribution in [0, 0.1) is 13.8 Å². The summed E-state index contributed by atoms with van der Waals surface area (Å²) >= 11 is 7.90. The van der Waals surface area contributed by atoms with Crippen LogP contribution in [0.1, 0.15) is 49.4 Å². The zero-order valence-corrected chi connectivity index (χ0v) is 20.6. The third-order valence-corrected chi connectivity index (χ3v) is 6.60. The maximum atomic E-state index is 13.2. The SMILES string of the molecule is CC[C@H](C)NC(=O)[C@H](C)N(Cc1ccccc1Cl)C(=O)CSCc1cc(C)cc(C)c1. The normalized spacial score (nSPS) is 12.8. The number of thioether (sulfide) groups is 1. The van der Waals surface area contributed by atoms with E-state index < -0.39 is 6.04 Å². The molecule has 0 aliphatic rings. The van der Waals surface area contributed by atoms with Crippen molar-refractivity contribution in [1.29, 1.82) is 0 Å². The Morgan fingerprint density at radius 2 is 1.74 bits per heavy atom. The summed E-state index contributed by atoms with van der Waals surface area (Å²) in [5.74, 6) is 0.843. The lowest BCUT2D eigenvalue weighted by Crippen LogP contribution is -2.50. The number of hydrogen-bond acceptors (Lipinski definition) is 3. The fraction of sp³-hybridized carbons (Fsp3) is 0.440. The first kappa shape index (κ1) is 25.3. The highest BCUT2D eigenvalue weighted by atomic mass is 35.5. The van der Waals surface area contributed by atoms with Gasteiger partial charge >= 0.3 is 0 Å². The number of nitrogens with one attached hydrogen (secondary N) is 1. The molecule has 2 rings (SSSR count). The number of aryl methyl sites for hydroxylation is 2. The molecule has 0 fully saturated rings. The molecule has 6 heteroatoms. The molecule has 0 bridgehead atoms. The second-order valence-corrected chi connectivity index (χ2v) is 9.49. The van der Waals surface area contributed by atoms with Crippen molar-refractivity contribution in [1.82, 2.24) is 10.2 Å². The molecule has 0 aromatic heterocycles. The standard InChI is InChI=1S/C25H33ClN2O2S/c1-6-19(4)27-25(30)20(5)28(14-22-9-7-8-10-23(22)26)24(29)16-31-15-21-12-17(2)11-18(3)13-21/h7-13,19-20H,6,14-16H2,1-5H3,(H,27,30)/t19-,20-/m0/s1. The zero-order valence-electron chi connectivity index (χ0n) is 19.1. The summed E-state index contributed by atoms with van der Waals surface area (Å²) in [4.78, 5) is 27.6. The molecule has 0 unspecified atom stereocenters. The molecule has 2 atom stereocenters. The highest BCUT2D eigenvalue weighted by molar-refractivity contribution is 7.99. The Morgan fingerprint density at radius 3 is 2.35 bits per heavy atom. The molecule has 2 aromatic rings. The molecular formula is C25H33ClN2O2S. The predicted octanol–water partition coefficient (Wildman–Crippen LogP) is 5.52. The first-order valence-corrected chi connectivity index (χ1v) is 12.2. The Bertz CT molecular complexity index is 883. The summed E-state index contributed by atoms with van der Waals surface area (Å²) in [7, 11) is 0. The average molecular weight is 461 g/mol. The number of hydrogen-bond donors (Lipinski definition) is 1. The number of nitrogens with zero attached hydrogens (tertiary/aromatic N) is 1. The molecule has 0 aliphatic carbocycles. The Morgan fingerprint density at radius 1 is 1.10 bits per heavy atom. The monoisotopic (exact) mass is 460 g/mol. The van der Waals surface area contributed by atoms with Crippen molar-refractivity contribution in [2.75, 3.05) is 5.75 Å². The molecule has 2 amide bonds. The molecule has 0 saturated carbocycles. The number of halogens is 1. The first-order valence-electron chi connectivity index (χ1n) is 10.7. The Balaban J connectivity index is 2.11. The van der Waals surface area contributed by atoms with Crippen molar-refractivity contribution in [2.45, 2.75) is 65.4 Å². The van der Waals surface area contributed by atoms with Gasteiger partial charge in [0.1, 0.15) is 6.04 Å². The lowest BCUT2D eigenvalue weighted by atomic mass is 10.1. The van der Waals surface area contributed by atoms with Crippen LogP contribution in [0.2, 0.25) is 5.02 Å². The van der Waals surface area contributed by atoms with Gasteiger partial charge < -0.3 is 10.2 Å². The predicted molar refractivity (Wildman–Crippen MR) is 131 cm³/mol. The van der Waals surface area contributed by atoms with Crippen LogP contribution in [0.25, 0.3) is 0 Å². The Labute approximate surface area is 195 Å². The minimum atomic E-state index is -0.584. The Kier molecular flexibility index (Phi) is 9.92. The number of carbonyl (C=O) groups is 2. The van der Waals surface area contributed by atoms with Gasteiger partial charge in [0.25, 0.3) is 0 Å². The summed E-state index contributed by atoms with van der Waals surface area (Å²) < 4.78 is 0. The fourth-order valence-electron chi connectivity index (χ4n) is 3.35. The quantitative estimate of drug-likeness (QED) is 0.507. The number of rotatable bonds is 10.